The molecule has 1 aromatic carbocycles. The molecule has 2 rings (SSSR count). The van der Waals surface area contributed by atoms with Crippen molar-refractivity contribution < 1.29 is 4.39 Å². The van der Waals surface area contributed by atoms with Crippen LogP contribution in [0.25, 0.3) is 0 Å². The number of halogens is 2. The molecule has 4 heteroatoms. The van der Waals surface area contributed by atoms with Crippen LogP contribution in [-0.2, 0) is 6.42 Å². The Balaban J connectivity index is 2.06. The van der Waals surface area contributed by atoms with Crippen LogP contribution in [0.5, 0.6) is 0 Å². The van der Waals surface area contributed by atoms with E-state index >= 15 is 0 Å². The number of benzene rings is 1. The highest BCUT2D eigenvalue weighted by atomic mass is 79.9. The lowest BCUT2D eigenvalue weighted by Gasteiger charge is -2.30. The predicted octanol–water partition coefficient (Wildman–Crippen LogP) is 4.39. The van der Waals surface area contributed by atoms with Crippen LogP contribution in [0.4, 0.5) is 4.39 Å². The van der Waals surface area contributed by atoms with E-state index in [1.165, 1.54) is 30.6 Å². The fourth-order valence-corrected chi connectivity index (χ4v) is 4.55. The minimum atomic E-state index is -0.178. The van der Waals surface area contributed by atoms with E-state index in [0.717, 1.165) is 17.4 Å². The summed E-state index contributed by atoms with van der Waals surface area (Å²) in [7, 11) is 0. The molecule has 2 atom stereocenters. The van der Waals surface area contributed by atoms with E-state index in [2.05, 4.69) is 39.9 Å². The Morgan fingerprint density at radius 2 is 2.32 bits per heavy atom. The normalized spacial score (nSPS) is 21.3. The minimum absolute atomic E-state index is 0.178. The van der Waals surface area contributed by atoms with Crippen molar-refractivity contribution in [2.24, 2.45) is 0 Å². The van der Waals surface area contributed by atoms with Gasteiger partial charge in [0.25, 0.3) is 0 Å². The second-order valence-corrected chi connectivity index (χ2v) is 7.21. The SMILES string of the molecule is CCNC(Cc1ccc(F)cc1Br)C1CCCCS1. The lowest BCUT2D eigenvalue weighted by molar-refractivity contribution is 0.471. The standard InChI is InChI=1S/C15H21BrFNS/c1-2-18-14(15-5-3-4-8-19-15)9-11-6-7-12(17)10-13(11)16/h6-7,10,14-15,18H,2-5,8-9H2,1H3. The van der Waals surface area contributed by atoms with Crippen LogP contribution in [0.2, 0.25) is 0 Å². The molecule has 0 radical (unpaired) electrons. The van der Waals surface area contributed by atoms with Gasteiger partial charge in [-0.05, 0) is 49.3 Å². The first-order chi connectivity index (χ1) is 9.20. The first-order valence-corrected chi connectivity index (χ1v) is 8.83. The summed E-state index contributed by atoms with van der Waals surface area (Å²) in [5, 5.41) is 4.29. The Labute approximate surface area is 127 Å². The van der Waals surface area contributed by atoms with E-state index in [-0.39, 0.29) is 5.82 Å². The highest BCUT2D eigenvalue weighted by Crippen LogP contribution is 2.30. The minimum Gasteiger partial charge on any atom is -0.313 e. The topological polar surface area (TPSA) is 12.0 Å². The molecule has 1 aliphatic rings. The van der Waals surface area contributed by atoms with Crippen molar-refractivity contribution >= 4 is 27.7 Å². The zero-order valence-electron chi connectivity index (χ0n) is 11.3. The van der Waals surface area contributed by atoms with Gasteiger partial charge in [-0.1, -0.05) is 35.3 Å². The molecule has 1 aromatic rings. The molecule has 1 N–H and O–H groups in total. The van der Waals surface area contributed by atoms with Gasteiger partial charge in [0.2, 0.25) is 0 Å². The Morgan fingerprint density at radius 3 is 2.95 bits per heavy atom. The summed E-state index contributed by atoms with van der Waals surface area (Å²) in [6.07, 6.45) is 4.94. The molecule has 0 amide bonds. The molecule has 0 saturated carbocycles. The third-order valence-electron chi connectivity index (χ3n) is 3.58. The highest BCUT2D eigenvalue weighted by molar-refractivity contribution is 9.10. The molecule has 0 spiro atoms. The largest absolute Gasteiger partial charge is 0.313 e. The molecule has 0 aromatic heterocycles. The summed E-state index contributed by atoms with van der Waals surface area (Å²) in [6, 6.07) is 5.50. The van der Waals surface area contributed by atoms with Crippen LogP contribution in [0, 0.1) is 5.82 Å². The molecule has 1 fully saturated rings. The van der Waals surface area contributed by atoms with E-state index in [4.69, 9.17) is 0 Å². The quantitative estimate of drug-likeness (QED) is 0.848. The third-order valence-corrected chi connectivity index (χ3v) is 5.84. The molecule has 1 aliphatic heterocycles. The number of likely N-dealkylation sites (N-methyl/N-ethyl adjacent to an activating group) is 1. The molecular weight excluding hydrogens is 325 g/mol. The van der Waals surface area contributed by atoms with Gasteiger partial charge in [0.15, 0.2) is 0 Å². The van der Waals surface area contributed by atoms with Gasteiger partial charge < -0.3 is 5.32 Å². The summed E-state index contributed by atoms with van der Waals surface area (Å²) >= 11 is 5.56. The van der Waals surface area contributed by atoms with Gasteiger partial charge in [-0.25, -0.2) is 4.39 Å². The highest BCUT2D eigenvalue weighted by Gasteiger charge is 2.24. The summed E-state index contributed by atoms with van der Waals surface area (Å²) in [6.45, 7) is 3.14. The molecule has 2 unspecified atom stereocenters. The number of rotatable bonds is 5. The van der Waals surface area contributed by atoms with Gasteiger partial charge >= 0.3 is 0 Å². The van der Waals surface area contributed by atoms with Crippen molar-refractivity contribution in [3.8, 4) is 0 Å². The summed E-state index contributed by atoms with van der Waals surface area (Å²) in [5.41, 5.74) is 1.19. The molecule has 0 aliphatic carbocycles. The van der Waals surface area contributed by atoms with Crippen LogP contribution in [0.3, 0.4) is 0 Å². The number of hydrogen-bond donors (Lipinski definition) is 1. The van der Waals surface area contributed by atoms with Crippen LogP contribution in [0.15, 0.2) is 22.7 Å². The summed E-state index contributed by atoms with van der Waals surface area (Å²) in [4.78, 5) is 0. The summed E-state index contributed by atoms with van der Waals surface area (Å²) in [5.74, 6) is 1.10. The maximum absolute atomic E-state index is 13.1. The molecule has 1 heterocycles. The number of thioether (sulfide) groups is 1. The fourth-order valence-electron chi connectivity index (χ4n) is 2.60. The van der Waals surface area contributed by atoms with Gasteiger partial charge in [-0.15, -0.1) is 0 Å². The zero-order valence-corrected chi connectivity index (χ0v) is 13.7. The van der Waals surface area contributed by atoms with Crippen LogP contribution >= 0.6 is 27.7 Å². The van der Waals surface area contributed by atoms with E-state index in [0.29, 0.717) is 11.3 Å². The summed E-state index contributed by atoms with van der Waals surface area (Å²) < 4.78 is 14.0. The zero-order chi connectivity index (χ0) is 13.7. The number of hydrogen-bond acceptors (Lipinski definition) is 2. The monoisotopic (exact) mass is 345 g/mol. The fraction of sp³-hybridized carbons (Fsp3) is 0.600. The third kappa shape index (κ3) is 4.47. The van der Waals surface area contributed by atoms with E-state index in [1.54, 1.807) is 12.1 Å². The van der Waals surface area contributed by atoms with Crippen molar-refractivity contribution in [3.05, 3.63) is 34.1 Å². The van der Waals surface area contributed by atoms with Crippen molar-refractivity contribution in [1.82, 2.24) is 5.32 Å². The van der Waals surface area contributed by atoms with E-state index < -0.39 is 0 Å². The lowest BCUT2D eigenvalue weighted by atomic mass is 9.99. The Hall–Kier alpha value is -0.0600. The van der Waals surface area contributed by atoms with E-state index in [1.807, 2.05) is 6.07 Å². The molecule has 1 saturated heterocycles. The van der Waals surface area contributed by atoms with Gasteiger partial charge in [0.1, 0.15) is 5.82 Å². The lowest BCUT2D eigenvalue weighted by Crippen LogP contribution is -2.41. The molecule has 1 nitrogen and oxygen atoms in total. The van der Waals surface area contributed by atoms with Crippen molar-refractivity contribution in [1.29, 1.82) is 0 Å². The van der Waals surface area contributed by atoms with Gasteiger partial charge in [0.05, 0.1) is 0 Å². The van der Waals surface area contributed by atoms with Crippen LogP contribution in [-0.4, -0.2) is 23.6 Å². The van der Waals surface area contributed by atoms with Gasteiger partial charge in [0, 0.05) is 15.8 Å². The van der Waals surface area contributed by atoms with Crippen molar-refractivity contribution in [3.63, 3.8) is 0 Å². The smallest absolute Gasteiger partial charge is 0.124 e. The first-order valence-electron chi connectivity index (χ1n) is 6.99. The average Bonchev–Trinajstić information content (AvgIpc) is 2.42. The van der Waals surface area contributed by atoms with E-state index in [9.17, 15) is 4.39 Å². The van der Waals surface area contributed by atoms with Crippen molar-refractivity contribution in [2.75, 3.05) is 12.3 Å². The second kappa shape index (κ2) is 7.65. The maximum atomic E-state index is 13.1. The molecule has 0 bridgehead atoms. The Morgan fingerprint density at radius 1 is 1.47 bits per heavy atom. The van der Waals surface area contributed by atoms with Gasteiger partial charge in [-0.3, -0.25) is 0 Å². The Kier molecular flexibility index (Phi) is 6.17. The van der Waals surface area contributed by atoms with Crippen LogP contribution in [0.1, 0.15) is 31.7 Å². The molecule has 106 valence electrons. The first kappa shape index (κ1) is 15.3. The van der Waals surface area contributed by atoms with Gasteiger partial charge in [-0.2, -0.15) is 11.8 Å². The van der Waals surface area contributed by atoms with Crippen molar-refractivity contribution in [2.45, 2.75) is 43.9 Å². The predicted molar refractivity (Wildman–Crippen MR) is 85.4 cm³/mol. The average molecular weight is 346 g/mol. The second-order valence-electron chi connectivity index (χ2n) is 5.01. The van der Waals surface area contributed by atoms with Crippen LogP contribution < -0.4 is 5.32 Å². The Bertz CT molecular complexity index is 407. The molecular formula is C15H21BrFNS. The maximum Gasteiger partial charge on any atom is 0.124 e. The number of nitrogens with one attached hydrogen (secondary N) is 1. The molecule has 19 heavy (non-hydrogen) atoms.